The minimum absolute atomic E-state index is 0.336. The van der Waals surface area contributed by atoms with Crippen LogP contribution in [0.3, 0.4) is 0 Å². The van der Waals surface area contributed by atoms with Crippen molar-refractivity contribution in [1.82, 2.24) is 5.32 Å². The minimum Gasteiger partial charge on any atom is -0.496 e. The first kappa shape index (κ1) is 15.4. The fraction of sp³-hybridized carbons (Fsp3) is 0.667. The van der Waals surface area contributed by atoms with Crippen LogP contribution >= 0.6 is 0 Å². The maximum Gasteiger partial charge on any atom is 0.123 e. The molecular weight excluding hydrogens is 246 g/mol. The number of hydrogen-bond donors (Lipinski definition) is 1. The number of hydrogen-bond acceptors (Lipinski definition) is 2. The standard InChI is InChI=1S/C18H29NO/c1-13-10-11-17(18(12-13)20-4)15(3)19-14(2)16-8-6-5-7-9-16/h10-12,14-16,19H,5-9H2,1-4H3. The molecule has 2 atom stereocenters. The average molecular weight is 275 g/mol. The van der Waals surface area contributed by atoms with Crippen LogP contribution in [-0.4, -0.2) is 13.2 Å². The molecule has 0 aromatic heterocycles. The van der Waals surface area contributed by atoms with Crippen LogP contribution in [0.15, 0.2) is 18.2 Å². The third-order valence-corrected chi connectivity index (χ3v) is 4.73. The summed E-state index contributed by atoms with van der Waals surface area (Å²) in [5, 5.41) is 3.78. The molecule has 0 spiro atoms. The SMILES string of the molecule is COc1cc(C)ccc1C(C)NC(C)C1CCCCC1. The summed E-state index contributed by atoms with van der Waals surface area (Å²) in [5.74, 6) is 1.84. The molecular formula is C18H29NO. The predicted molar refractivity (Wildman–Crippen MR) is 85.3 cm³/mol. The number of rotatable bonds is 5. The molecule has 2 rings (SSSR count). The Bertz CT molecular complexity index is 423. The lowest BCUT2D eigenvalue weighted by molar-refractivity contribution is 0.266. The Morgan fingerprint density at radius 1 is 1.15 bits per heavy atom. The van der Waals surface area contributed by atoms with Crippen LogP contribution in [-0.2, 0) is 0 Å². The lowest BCUT2D eigenvalue weighted by Gasteiger charge is -2.31. The van der Waals surface area contributed by atoms with Gasteiger partial charge in [0.15, 0.2) is 0 Å². The molecule has 0 aliphatic heterocycles. The van der Waals surface area contributed by atoms with Crippen LogP contribution < -0.4 is 10.1 Å². The fourth-order valence-corrected chi connectivity index (χ4v) is 3.43. The molecule has 2 heteroatoms. The van der Waals surface area contributed by atoms with E-state index >= 15 is 0 Å². The van der Waals surface area contributed by atoms with E-state index in [9.17, 15) is 0 Å². The molecule has 0 bridgehead atoms. The molecule has 0 amide bonds. The smallest absolute Gasteiger partial charge is 0.123 e. The van der Waals surface area contributed by atoms with Gasteiger partial charge in [0.2, 0.25) is 0 Å². The molecule has 20 heavy (non-hydrogen) atoms. The third kappa shape index (κ3) is 3.76. The van der Waals surface area contributed by atoms with Crippen LogP contribution in [0.1, 0.15) is 63.1 Å². The monoisotopic (exact) mass is 275 g/mol. The van der Waals surface area contributed by atoms with Crippen molar-refractivity contribution in [2.45, 2.75) is 65.0 Å². The summed E-state index contributed by atoms with van der Waals surface area (Å²) >= 11 is 0. The Balaban J connectivity index is 2.01. The highest BCUT2D eigenvalue weighted by Gasteiger charge is 2.22. The van der Waals surface area contributed by atoms with Gasteiger partial charge in [-0.15, -0.1) is 0 Å². The largest absolute Gasteiger partial charge is 0.496 e. The van der Waals surface area contributed by atoms with Gasteiger partial charge >= 0.3 is 0 Å². The van der Waals surface area contributed by atoms with Gasteiger partial charge < -0.3 is 10.1 Å². The van der Waals surface area contributed by atoms with E-state index < -0.39 is 0 Å². The van der Waals surface area contributed by atoms with Crippen LogP contribution in [0, 0.1) is 12.8 Å². The van der Waals surface area contributed by atoms with Gasteiger partial charge in [0.1, 0.15) is 5.75 Å². The molecule has 0 saturated heterocycles. The minimum atomic E-state index is 0.336. The third-order valence-electron chi connectivity index (χ3n) is 4.73. The summed E-state index contributed by atoms with van der Waals surface area (Å²) in [6.07, 6.45) is 6.99. The van der Waals surface area contributed by atoms with E-state index in [1.807, 2.05) is 0 Å². The van der Waals surface area contributed by atoms with E-state index in [4.69, 9.17) is 4.74 Å². The van der Waals surface area contributed by atoms with E-state index in [-0.39, 0.29) is 0 Å². The van der Waals surface area contributed by atoms with Gasteiger partial charge in [-0.25, -0.2) is 0 Å². The van der Waals surface area contributed by atoms with Gasteiger partial charge in [0.05, 0.1) is 7.11 Å². The summed E-state index contributed by atoms with van der Waals surface area (Å²) in [4.78, 5) is 0. The highest BCUT2D eigenvalue weighted by Crippen LogP contribution is 2.30. The molecule has 1 fully saturated rings. The lowest BCUT2D eigenvalue weighted by atomic mass is 9.84. The average Bonchev–Trinajstić information content (AvgIpc) is 2.47. The Morgan fingerprint density at radius 3 is 2.50 bits per heavy atom. The second-order valence-electron chi connectivity index (χ2n) is 6.32. The van der Waals surface area contributed by atoms with Crippen molar-refractivity contribution in [2.24, 2.45) is 5.92 Å². The molecule has 1 saturated carbocycles. The van der Waals surface area contributed by atoms with E-state index in [1.165, 1.54) is 43.2 Å². The van der Waals surface area contributed by atoms with Crippen LogP contribution in [0.2, 0.25) is 0 Å². The number of benzene rings is 1. The molecule has 2 unspecified atom stereocenters. The highest BCUT2D eigenvalue weighted by atomic mass is 16.5. The van der Waals surface area contributed by atoms with Crippen molar-refractivity contribution >= 4 is 0 Å². The zero-order chi connectivity index (χ0) is 14.5. The number of ether oxygens (including phenoxy) is 1. The molecule has 0 radical (unpaired) electrons. The molecule has 1 aliphatic carbocycles. The Hall–Kier alpha value is -1.02. The van der Waals surface area contributed by atoms with Crippen molar-refractivity contribution < 1.29 is 4.74 Å². The molecule has 1 N–H and O–H groups in total. The maximum atomic E-state index is 5.53. The summed E-state index contributed by atoms with van der Waals surface area (Å²) < 4.78 is 5.53. The Labute approximate surface area is 123 Å². The maximum absolute atomic E-state index is 5.53. The van der Waals surface area contributed by atoms with Crippen molar-refractivity contribution in [1.29, 1.82) is 0 Å². The second-order valence-corrected chi connectivity index (χ2v) is 6.32. The van der Waals surface area contributed by atoms with Crippen molar-refractivity contribution in [3.8, 4) is 5.75 Å². The van der Waals surface area contributed by atoms with Crippen molar-refractivity contribution in [3.05, 3.63) is 29.3 Å². The van der Waals surface area contributed by atoms with Crippen LogP contribution in [0.4, 0.5) is 0 Å². The molecule has 1 aromatic carbocycles. The first-order chi connectivity index (χ1) is 9.61. The van der Waals surface area contributed by atoms with E-state index in [2.05, 4.69) is 44.3 Å². The summed E-state index contributed by atoms with van der Waals surface area (Å²) in [6.45, 7) is 6.69. The predicted octanol–water partition coefficient (Wildman–Crippen LogP) is 4.62. The van der Waals surface area contributed by atoms with Crippen molar-refractivity contribution in [3.63, 3.8) is 0 Å². The first-order valence-electron chi connectivity index (χ1n) is 8.02. The van der Waals surface area contributed by atoms with Gasteiger partial charge in [-0.3, -0.25) is 0 Å². The Kier molecular flexibility index (Phi) is 5.47. The molecule has 1 aromatic rings. The first-order valence-corrected chi connectivity index (χ1v) is 8.02. The zero-order valence-corrected chi connectivity index (χ0v) is 13.4. The lowest BCUT2D eigenvalue weighted by Crippen LogP contribution is -2.36. The summed E-state index contributed by atoms with van der Waals surface area (Å²) in [5.41, 5.74) is 2.51. The second kappa shape index (κ2) is 7.12. The summed E-state index contributed by atoms with van der Waals surface area (Å²) in [7, 11) is 1.76. The van der Waals surface area contributed by atoms with Crippen molar-refractivity contribution in [2.75, 3.05) is 7.11 Å². The van der Waals surface area contributed by atoms with Gasteiger partial charge in [0.25, 0.3) is 0 Å². The van der Waals surface area contributed by atoms with Gasteiger partial charge in [-0.2, -0.15) is 0 Å². The van der Waals surface area contributed by atoms with Gasteiger partial charge in [-0.1, -0.05) is 31.4 Å². The molecule has 112 valence electrons. The quantitative estimate of drug-likeness (QED) is 0.846. The molecule has 2 nitrogen and oxygen atoms in total. The van der Waals surface area contributed by atoms with Gasteiger partial charge in [0, 0.05) is 17.6 Å². The number of nitrogens with one attached hydrogen (secondary N) is 1. The normalized spacial score (nSPS) is 19.6. The van der Waals surface area contributed by atoms with E-state index in [0.717, 1.165) is 11.7 Å². The van der Waals surface area contributed by atoms with Crippen LogP contribution in [0.25, 0.3) is 0 Å². The number of aryl methyl sites for hydroxylation is 1. The zero-order valence-electron chi connectivity index (χ0n) is 13.4. The number of methoxy groups -OCH3 is 1. The fourth-order valence-electron chi connectivity index (χ4n) is 3.43. The molecule has 1 aliphatic rings. The van der Waals surface area contributed by atoms with E-state index in [1.54, 1.807) is 7.11 Å². The molecule has 0 heterocycles. The summed E-state index contributed by atoms with van der Waals surface area (Å²) in [6, 6.07) is 7.40. The Morgan fingerprint density at radius 2 is 1.85 bits per heavy atom. The topological polar surface area (TPSA) is 21.3 Å². The van der Waals surface area contributed by atoms with Crippen LogP contribution in [0.5, 0.6) is 5.75 Å². The highest BCUT2D eigenvalue weighted by molar-refractivity contribution is 5.39. The van der Waals surface area contributed by atoms with Gasteiger partial charge in [-0.05, 0) is 51.2 Å². The van der Waals surface area contributed by atoms with E-state index in [0.29, 0.717) is 12.1 Å².